The lowest BCUT2D eigenvalue weighted by Crippen LogP contribution is -2.30. The van der Waals surface area contributed by atoms with E-state index < -0.39 is 37.5 Å². The highest BCUT2D eigenvalue weighted by Gasteiger charge is 2.29. The molecule has 5 nitrogen and oxygen atoms in total. The van der Waals surface area contributed by atoms with Gasteiger partial charge in [-0.3, -0.25) is 0 Å². The second-order valence-electron chi connectivity index (χ2n) is 5.74. The van der Waals surface area contributed by atoms with Crippen molar-refractivity contribution in [3.8, 4) is 0 Å². The van der Waals surface area contributed by atoms with E-state index in [-0.39, 0.29) is 19.8 Å². The van der Waals surface area contributed by atoms with Crippen molar-refractivity contribution < 1.29 is 25.6 Å². The second-order valence-corrected chi connectivity index (χ2v) is 10.6. The quantitative estimate of drug-likeness (QED) is 0.674. The minimum absolute atomic E-state index is 0.145. The zero-order valence-corrected chi connectivity index (χ0v) is 17.3. The van der Waals surface area contributed by atoms with E-state index in [1.807, 2.05) is 0 Å². The molecule has 2 rings (SSSR count). The molecule has 0 saturated heterocycles. The van der Waals surface area contributed by atoms with E-state index in [4.69, 9.17) is 0 Å². The summed E-state index contributed by atoms with van der Waals surface area (Å²) in [5.41, 5.74) is 0.255. The molecule has 0 N–H and O–H groups in total. The highest BCUT2D eigenvalue weighted by molar-refractivity contribution is 9.10. The lowest BCUT2D eigenvalue weighted by molar-refractivity contribution is 0.395. The predicted molar refractivity (Wildman–Crippen MR) is 97.0 cm³/mol. The van der Waals surface area contributed by atoms with Crippen molar-refractivity contribution >= 4 is 35.8 Å². The minimum atomic E-state index is -4.12. The van der Waals surface area contributed by atoms with Crippen LogP contribution in [0.2, 0.25) is 0 Å². The molecule has 2 aromatic carbocycles. The van der Waals surface area contributed by atoms with Gasteiger partial charge in [-0.2, -0.15) is 4.31 Å². The standard InChI is InChI=1S/C16H16BrF2NO4S2/c1-10(11-4-7-14(18)15(19)8-11)20(2)26(23,24)16-9-12(25(3,21)22)5-6-13(16)17/h4-10H,1-3H3. The van der Waals surface area contributed by atoms with Gasteiger partial charge in [0.15, 0.2) is 21.5 Å². The van der Waals surface area contributed by atoms with Crippen LogP contribution in [0, 0.1) is 11.6 Å². The van der Waals surface area contributed by atoms with Gasteiger partial charge in [-0.1, -0.05) is 6.07 Å². The Labute approximate surface area is 159 Å². The topological polar surface area (TPSA) is 71.5 Å². The Morgan fingerprint density at radius 2 is 1.62 bits per heavy atom. The normalized spacial score (nSPS) is 13.8. The lowest BCUT2D eigenvalue weighted by atomic mass is 10.1. The van der Waals surface area contributed by atoms with Crippen LogP contribution in [0.4, 0.5) is 8.78 Å². The van der Waals surface area contributed by atoms with Crippen molar-refractivity contribution in [2.24, 2.45) is 0 Å². The van der Waals surface area contributed by atoms with Gasteiger partial charge in [0, 0.05) is 23.8 Å². The zero-order valence-electron chi connectivity index (χ0n) is 14.1. The molecule has 142 valence electrons. The Morgan fingerprint density at radius 3 is 2.15 bits per heavy atom. The molecular weight excluding hydrogens is 452 g/mol. The van der Waals surface area contributed by atoms with Crippen LogP contribution in [-0.4, -0.2) is 34.4 Å². The number of sulfonamides is 1. The molecule has 1 atom stereocenters. The second kappa shape index (κ2) is 7.34. The van der Waals surface area contributed by atoms with Gasteiger partial charge in [-0.25, -0.2) is 25.6 Å². The van der Waals surface area contributed by atoms with Gasteiger partial charge in [0.1, 0.15) is 0 Å². The average Bonchev–Trinajstić information content (AvgIpc) is 2.55. The number of benzene rings is 2. The van der Waals surface area contributed by atoms with Crippen LogP contribution in [0.5, 0.6) is 0 Å². The molecule has 2 aromatic rings. The van der Waals surface area contributed by atoms with Gasteiger partial charge in [-0.05, 0) is 58.7 Å². The van der Waals surface area contributed by atoms with E-state index in [2.05, 4.69) is 15.9 Å². The summed E-state index contributed by atoms with van der Waals surface area (Å²) in [5, 5.41) is 0. The molecule has 0 aliphatic heterocycles. The molecule has 0 aliphatic carbocycles. The Morgan fingerprint density at radius 1 is 1.00 bits per heavy atom. The summed E-state index contributed by atoms with van der Waals surface area (Å²) in [6.45, 7) is 1.51. The van der Waals surface area contributed by atoms with Crippen LogP contribution in [0.1, 0.15) is 18.5 Å². The van der Waals surface area contributed by atoms with Crippen molar-refractivity contribution in [2.45, 2.75) is 22.8 Å². The van der Waals surface area contributed by atoms with E-state index in [9.17, 15) is 25.6 Å². The molecule has 0 heterocycles. The highest BCUT2D eigenvalue weighted by Crippen LogP contribution is 2.32. The van der Waals surface area contributed by atoms with E-state index in [0.29, 0.717) is 0 Å². The molecule has 10 heteroatoms. The maximum Gasteiger partial charge on any atom is 0.244 e. The fourth-order valence-electron chi connectivity index (χ4n) is 2.26. The summed E-state index contributed by atoms with van der Waals surface area (Å²) in [4.78, 5) is -0.384. The summed E-state index contributed by atoms with van der Waals surface area (Å²) in [5.74, 6) is -2.12. The molecule has 0 fully saturated rings. The Bertz CT molecular complexity index is 1060. The van der Waals surface area contributed by atoms with Crippen molar-refractivity contribution in [1.29, 1.82) is 0 Å². The Balaban J connectivity index is 2.51. The first-order valence-corrected chi connectivity index (χ1v) is 11.4. The summed E-state index contributed by atoms with van der Waals surface area (Å²) >= 11 is 3.12. The summed E-state index contributed by atoms with van der Waals surface area (Å²) in [6.07, 6.45) is 0.972. The van der Waals surface area contributed by atoms with Crippen LogP contribution in [0.15, 0.2) is 50.7 Å². The van der Waals surface area contributed by atoms with Gasteiger partial charge in [0.25, 0.3) is 0 Å². The molecule has 26 heavy (non-hydrogen) atoms. The first-order chi connectivity index (χ1) is 11.9. The summed E-state index contributed by atoms with van der Waals surface area (Å²) < 4.78 is 77.0. The first kappa shape index (κ1) is 20.9. The Kier molecular flexibility index (Phi) is 5.91. The predicted octanol–water partition coefficient (Wildman–Crippen LogP) is 3.51. The van der Waals surface area contributed by atoms with Gasteiger partial charge in [0.2, 0.25) is 10.0 Å². The van der Waals surface area contributed by atoms with Crippen molar-refractivity contribution in [3.05, 3.63) is 58.1 Å². The number of rotatable bonds is 5. The number of hydrogen-bond donors (Lipinski definition) is 0. The smallest absolute Gasteiger partial charge is 0.224 e. The molecule has 0 bridgehead atoms. The van der Waals surface area contributed by atoms with E-state index in [1.165, 1.54) is 32.2 Å². The van der Waals surface area contributed by atoms with Gasteiger partial charge in [-0.15, -0.1) is 0 Å². The van der Waals surface area contributed by atoms with E-state index in [1.54, 1.807) is 0 Å². The summed E-state index contributed by atoms with van der Waals surface area (Å²) in [7, 11) is -6.44. The third-order valence-corrected chi connectivity index (χ3v) is 7.99. The average molecular weight is 468 g/mol. The van der Waals surface area contributed by atoms with Crippen LogP contribution < -0.4 is 0 Å². The number of halogens is 3. The fourth-order valence-corrected chi connectivity index (χ4v) is 5.28. The molecule has 0 saturated carbocycles. The minimum Gasteiger partial charge on any atom is -0.224 e. The largest absolute Gasteiger partial charge is 0.244 e. The highest BCUT2D eigenvalue weighted by atomic mass is 79.9. The van der Waals surface area contributed by atoms with E-state index in [0.717, 1.165) is 28.8 Å². The van der Waals surface area contributed by atoms with Gasteiger partial charge in [0.05, 0.1) is 9.79 Å². The number of sulfone groups is 1. The van der Waals surface area contributed by atoms with Crippen LogP contribution in [0.25, 0.3) is 0 Å². The molecule has 0 radical (unpaired) electrons. The van der Waals surface area contributed by atoms with Crippen LogP contribution >= 0.6 is 15.9 Å². The molecule has 1 unspecified atom stereocenters. The number of hydrogen-bond acceptors (Lipinski definition) is 4. The van der Waals surface area contributed by atoms with Crippen molar-refractivity contribution in [1.82, 2.24) is 4.31 Å². The maximum absolute atomic E-state index is 13.5. The molecule has 0 aromatic heterocycles. The molecule has 0 aliphatic rings. The van der Waals surface area contributed by atoms with Crippen LogP contribution in [-0.2, 0) is 19.9 Å². The van der Waals surface area contributed by atoms with Gasteiger partial charge >= 0.3 is 0 Å². The molecule has 0 amide bonds. The number of nitrogens with zero attached hydrogens (tertiary/aromatic N) is 1. The lowest BCUT2D eigenvalue weighted by Gasteiger charge is -2.25. The van der Waals surface area contributed by atoms with Crippen molar-refractivity contribution in [2.75, 3.05) is 13.3 Å². The van der Waals surface area contributed by atoms with Gasteiger partial charge < -0.3 is 0 Å². The molecule has 0 spiro atoms. The monoisotopic (exact) mass is 467 g/mol. The SMILES string of the molecule is CC(c1ccc(F)c(F)c1)N(C)S(=O)(=O)c1cc(S(C)(=O)=O)ccc1Br. The maximum atomic E-state index is 13.5. The van der Waals surface area contributed by atoms with Crippen LogP contribution in [0.3, 0.4) is 0 Å². The first-order valence-electron chi connectivity index (χ1n) is 7.28. The summed E-state index contributed by atoms with van der Waals surface area (Å²) in [6, 6.07) is 6.00. The fraction of sp³-hybridized carbons (Fsp3) is 0.250. The molecular formula is C16H16BrF2NO4S2. The zero-order chi connectivity index (χ0) is 19.9. The van der Waals surface area contributed by atoms with E-state index >= 15 is 0 Å². The van der Waals surface area contributed by atoms with Crippen molar-refractivity contribution in [3.63, 3.8) is 0 Å². The Hall–Kier alpha value is -1.36. The third kappa shape index (κ3) is 4.13. The third-order valence-electron chi connectivity index (χ3n) is 3.96.